The van der Waals surface area contributed by atoms with E-state index in [0.29, 0.717) is 5.90 Å². The fraction of sp³-hybridized carbons (Fsp3) is 0.875. The minimum Gasteiger partial charge on any atom is -0.468 e. The largest absolute Gasteiger partial charge is 0.468 e. The normalized spacial score (nSPS) is 26.5. The summed E-state index contributed by atoms with van der Waals surface area (Å²) in [7, 11) is 0. The van der Waals surface area contributed by atoms with Gasteiger partial charge in [-0.2, -0.15) is 0 Å². The minimum atomic E-state index is -0.355. The average Bonchev–Trinajstić information content (AvgIpc) is 1.80. The summed E-state index contributed by atoms with van der Waals surface area (Å²) in [6, 6.07) is 0. The molecule has 11 heavy (non-hydrogen) atoms. The van der Waals surface area contributed by atoms with E-state index in [1.54, 1.807) is 6.92 Å². The summed E-state index contributed by atoms with van der Waals surface area (Å²) in [6.45, 7) is 9.69. The number of oxime groups is 1. The van der Waals surface area contributed by atoms with E-state index in [2.05, 4.69) is 5.16 Å². The van der Waals surface area contributed by atoms with Crippen molar-refractivity contribution < 1.29 is 9.57 Å². The second kappa shape index (κ2) is 2.13. The molecule has 0 unspecified atom stereocenters. The quantitative estimate of drug-likeness (QED) is 0.538. The molecule has 1 heterocycles. The molecule has 0 spiro atoms. The van der Waals surface area contributed by atoms with Crippen LogP contribution in [0.2, 0.25) is 0 Å². The van der Waals surface area contributed by atoms with Gasteiger partial charge in [0.05, 0.1) is 0 Å². The Balaban J connectivity index is 2.89. The number of hydrogen-bond acceptors (Lipinski definition) is 3. The van der Waals surface area contributed by atoms with E-state index in [0.717, 1.165) is 0 Å². The van der Waals surface area contributed by atoms with Gasteiger partial charge in [0.15, 0.2) is 5.60 Å². The van der Waals surface area contributed by atoms with Crippen molar-refractivity contribution in [3.63, 3.8) is 0 Å². The Bertz CT molecular complexity index is 194. The van der Waals surface area contributed by atoms with Gasteiger partial charge in [-0.25, -0.2) is 0 Å². The van der Waals surface area contributed by atoms with E-state index >= 15 is 0 Å². The minimum absolute atomic E-state index is 0.307. The van der Waals surface area contributed by atoms with Crippen LogP contribution in [-0.2, 0) is 9.57 Å². The molecule has 0 aliphatic carbocycles. The van der Waals surface area contributed by atoms with Gasteiger partial charge in [-0.05, 0) is 27.7 Å². The third kappa shape index (κ3) is 1.32. The predicted molar refractivity (Wildman–Crippen MR) is 43.4 cm³/mol. The Morgan fingerprint density at radius 1 is 1.09 bits per heavy atom. The van der Waals surface area contributed by atoms with Crippen molar-refractivity contribution in [2.75, 3.05) is 0 Å². The molecule has 0 atom stereocenters. The maximum absolute atomic E-state index is 5.51. The molecule has 0 bridgehead atoms. The third-order valence-electron chi connectivity index (χ3n) is 2.26. The van der Waals surface area contributed by atoms with Crippen LogP contribution in [0.5, 0.6) is 0 Å². The fourth-order valence-electron chi connectivity index (χ4n) is 0.799. The lowest BCUT2D eigenvalue weighted by atomic mass is 9.89. The number of rotatable bonds is 0. The molecule has 64 valence electrons. The van der Waals surface area contributed by atoms with E-state index in [4.69, 9.17) is 9.57 Å². The van der Waals surface area contributed by atoms with Gasteiger partial charge < -0.3 is 9.57 Å². The molecule has 1 rings (SSSR count). The summed E-state index contributed by atoms with van der Waals surface area (Å²) in [5.74, 6) is 0.592. The van der Waals surface area contributed by atoms with Crippen molar-refractivity contribution in [2.24, 2.45) is 5.16 Å². The van der Waals surface area contributed by atoms with Gasteiger partial charge in [0.1, 0.15) is 5.60 Å². The zero-order valence-corrected chi connectivity index (χ0v) is 7.76. The first-order valence-corrected chi connectivity index (χ1v) is 3.77. The predicted octanol–water partition coefficient (Wildman–Crippen LogP) is 1.92. The molecule has 3 nitrogen and oxygen atoms in total. The summed E-state index contributed by atoms with van der Waals surface area (Å²) < 4.78 is 5.51. The molecule has 0 aromatic heterocycles. The molecule has 0 amide bonds. The summed E-state index contributed by atoms with van der Waals surface area (Å²) in [4.78, 5) is 5.26. The van der Waals surface area contributed by atoms with Crippen LogP contribution in [0.3, 0.4) is 0 Å². The van der Waals surface area contributed by atoms with Gasteiger partial charge in [-0.3, -0.25) is 0 Å². The summed E-state index contributed by atoms with van der Waals surface area (Å²) in [5.41, 5.74) is -0.661. The Hall–Kier alpha value is -0.730. The average molecular weight is 157 g/mol. The second-order valence-electron chi connectivity index (χ2n) is 3.82. The standard InChI is InChI=1S/C8H15NO2/c1-6-9-11-8(4,5)7(2,3)10-6/h1-5H3. The van der Waals surface area contributed by atoms with Gasteiger partial charge in [0.25, 0.3) is 0 Å². The van der Waals surface area contributed by atoms with Crippen LogP contribution in [0.15, 0.2) is 5.16 Å². The van der Waals surface area contributed by atoms with Gasteiger partial charge in [0, 0.05) is 6.92 Å². The molecule has 0 saturated heterocycles. The highest BCUT2D eigenvalue weighted by atomic mass is 16.7. The summed E-state index contributed by atoms with van der Waals surface area (Å²) in [5, 5.41) is 3.77. The molecule has 1 aliphatic rings. The van der Waals surface area contributed by atoms with E-state index < -0.39 is 0 Å². The van der Waals surface area contributed by atoms with Crippen molar-refractivity contribution >= 4 is 5.90 Å². The van der Waals surface area contributed by atoms with E-state index in [-0.39, 0.29) is 11.2 Å². The van der Waals surface area contributed by atoms with E-state index in [9.17, 15) is 0 Å². The van der Waals surface area contributed by atoms with Crippen LogP contribution in [0.4, 0.5) is 0 Å². The van der Waals surface area contributed by atoms with E-state index in [1.165, 1.54) is 0 Å². The zero-order chi connectivity index (χ0) is 8.70. The van der Waals surface area contributed by atoms with Crippen molar-refractivity contribution in [3.8, 4) is 0 Å². The van der Waals surface area contributed by atoms with Crippen LogP contribution < -0.4 is 0 Å². The third-order valence-corrected chi connectivity index (χ3v) is 2.26. The lowest BCUT2D eigenvalue weighted by Gasteiger charge is -2.41. The highest BCUT2D eigenvalue weighted by Crippen LogP contribution is 2.32. The maximum Gasteiger partial charge on any atom is 0.223 e. The highest BCUT2D eigenvalue weighted by Gasteiger charge is 2.44. The first-order chi connectivity index (χ1) is 4.85. The molecule has 0 saturated carbocycles. The molecular formula is C8H15NO2. The van der Waals surface area contributed by atoms with Crippen molar-refractivity contribution in [2.45, 2.75) is 45.8 Å². The van der Waals surface area contributed by atoms with Crippen molar-refractivity contribution in [1.82, 2.24) is 0 Å². The van der Waals surface area contributed by atoms with Crippen molar-refractivity contribution in [3.05, 3.63) is 0 Å². The van der Waals surface area contributed by atoms with Crippen LogP contribution in [0.25, 0.3) is 0 Å². The first-order valence-electron chi connectivity index (χ1n) is 3.77. The van der Waals surface area contributed by atoms with Gasteiger partial charge in [-0.1, -0.05) is 5.16 Å². The number of ether oxygens (including phenoxy) is 1. The Morgan fingerprint density at radius 3 is 2.00 bits per heavy atom. The SMILES string of the molecule is CC1=NOC(C)(C)C(C)(C)O1. The monoisotopic (exact) mass is 157 g/mol. The lowest BCUT2D eigenvalue weighted by Crippen LogP contribution is -2.52. The lowest BCUT2D eigenvalue weighted by molar-refractivity contribution is -0.166. The number of nitrogens with zero attached hydrogens (tertiary/aromatic N) is 1. The molecule has 0 radical (unpaired) electrons. The molecule has 0 N–H and O–H groups in total. The molecule has 0 fully saturated rings. The van der Waals surface area contributed by atoms with Crippen LogP contribution >= 0.6 is 0 Å². The topological polar surface area (TPSA) is 30.8 Å². The Morgan fingerprint density at radius 2 is 1.64 bits per heavy atom. The Labute approximate surface area is 67.4 Å². The van der Waals surface area contributed by atoms with Gasteiger partial charge in [-0.15, -0.1) is 0 Å². The summed E-state index contributed by atoms with van der Waals surface area (Å²) >= 11 is 0. The molecule has 0 aromatic rings. The summed E-state index contributed by atoms with van der Waals surface area (Å²) in [6.07, 6.45) is 0. The smallest absolute Gasteiger partial charge is 0.223 e. The van der Waals surface area contributed by atoms with Crippen LogP contribution in [0, 0.1) is 0 Å². The first kappa shape index (κ1) is 8.37. The van der Waals surface area contributed by atoms with E-state index in [1.807, 2.05) is 27.7 Å². The second-order valence-corrected chi connectivity index (χ2v) is 3.82. The maximum atomic E-state index is 5.51. The van der Waals surface area contributed by atoms with Crippen molar-refractivity contribution in [1.29, 1.82) is 0 Å². The van der Waals surface area contributed by atoms with Gasteiger partial charge in [0.2, 0.25) is 5.90 Å². The zero-order valence-electron chi connectivity index (χ0n) is 7.76. The van der Waals surface area contributed by atoms with Crippen LogP contribution in [0.1, 0.15) is 34.6 Å². The molecule has 3 heteroatoms. The van der Waals surface area contributed by atoms with Gasteiger partial charge >= 0.3 is 0 Å². The molecule has 0 aromatic carbocycles. The van der Waals surface area contributed by atoms with Crippen LogP contribution in [-0.4, -0.2) is 17.1 Å². The number of hydrogen-bond donors (Lipinski definition) is 0. The Kier molecular flexibility index (Phi) is 1.62. The molecule has 1 aliphatic heterocycles. The molecular weight excluding hydrogens is 142 g/mol. The highest BCUT2D eigenvalue weighted by molar-refractivity contribution is 5.73. The fourth-order valence-corrected chi connectivity index (χ4v) is 0.799.